The van der Waals surface area contributed by atoms with Crippen molar-refractivity contribution >= 4 is 21.8 Å². The second-order valence-electron chi connectivity index (χ2n) is 8.19. The van der Waals surface area contributed by atoms with E-state index in [0.29, 0.717) is 12.0 Å². The molecule has 2 aromatic carbocycles. The smallest absolute Gasteiger partial charge is 0.324 e. The Kier molecular flexibility index (Phi) is 6.67. The summed E-state index contributed by atoms with van der Waals surface area (Å²) in [5, 5.41) is 0. The van der Waals surface area contributed by atoms with E-state index in [9.17, 15) is 22.4 Å². The summed E-state index contributed by atoms with van der Waals surface area (Å²) in [7, 11) is -4.22. The van der Waals surface area contributed by atoms with Gasteiger partial charge in [-0.05, 0) is 57.0 Å². The van der Waals surface area contributed by atoms with Crippen LogP contribution in [0.2, 0.25) is 0 Å². The van der Waals surface area contributed by atoms with E-state index in [0.717, 1.165) is 33.5 Å². The molecule has 4 rings (SSSR count). The molecule has 0 spiro atoms. The molecule has 0 bridgehead atoms. The molecule has 1 saturated heterocycles. The molecule has 2 heterocycles. The van der Waals surface area contributed by atoms with Crippen LogP contribution in [0.5, 0.6) is 0 Å². The molecular formula is C25H25FN2O5S. The number of sulfonamides is 1. The van der Waals surface area contributed by atoms with Crippen molar-refractivity contribution in [2.75, 3.05) is 13.2 Å². The minimum Gasteiger partial charge on any atom is -0.456 e. The van der Waals surface area contributed by atoms with Crippen LogP contribution in [0.25, 0.3) is 5.69 Å². The maximum atomic E-state index is 14.1. The molecule has 1 fully saturated rings. The monoisotopic (exact) mass is 484 g/mol. The van der Waals surface area contributed by atoms with Crippen molar-refractivity contribution in [2.24, 2.45) is 0 Å². The average Bonchev–Trinajstić information content (AvgIpc) is 3.43. The van der Waals surface area contributed by atoms with Gasteiger partial charge in [0.15, 0.2) is 6.61 Å². The molecule has 0 saturated carbocycles. The van der Waals surface area contributed by atoms with Crippen molar-refractivity contribution in [2.45, 2.75) is 37.6 Å². The lowest BCUT2D eigenvalue weighted by Gasteiger charge is -2.22. The third-order valence-corrected chi connectivity index (χ3v) is 7.93. The fourth-order valence-corrected chi connectivity index (χ4v) is 6.09. The summed E-state index contributed by atoms with van der Waals surface area (Å²) in [4.78, 5) is 25.1. The zero-order chi connectivity index (χ0) is 24.5. The van der Waals surface area contributed by atoms with Crippen molar-refractivity contribution in [1.29, 1.82) is 0 Å². The van der Waals surface area contributed by atoms with E-state index in [4.69, 9.17) is 4.74 Å². The molecule has 0 unspecified atom stereocenters. The summed E-state index contributed by atoms with van der Waals surface area (Å²) < 4.78 is 48.2. The molecule has 0 radical (unpaired) electrons. The third-order valence-electron chi connectivity index (χ3n) is 5.99. The Hall–Kier alpha value is -3.30. The van der Waals surface area contributed by atoms with Gasteiger partial charge in [-0.2, -0.15) is 4.31 Å². The molecule has 7 nitrogen and oxygen atoms in total. The maximum absolute atomic E-state index is 14.1. The van der Waals surface area contributed by atoms with E-state index >= 15 is 0 Å². The summed E-state index contributed by atoms with van der Waals surface area (Å²) in [5.41, 5.74) is 2.91. The summed E-state index contributed by atoms with van der Waals surface area (Å²) in [6.07, 6.45) is 0.669. The highest BCUT2D eigenvalue weighted by Crippen LogP contribution is 2.28. The minimum absolute atomic E-state index is 0.0720. The van der Waals surface area contributed by atoms with Crippen LogP contribution in [0, 0.1) is 19.7 Å². The normalized spacial score (nSPS) is 16.5. The quantitative estimate of drug-likeness (QED) is 0.376. The number of nitrogens with zero attached hydrogens (tertiary/aromatic N) is 2. The molecule has 1 aromatic heterocycles. The van der Waals surface area contributed by atoms with Crippen LogP contribution >= 0.6 is 0 Å². The van der Waals surface area contributed by atoms with E-state index in [2.05, 4.69) is 0 Å². The Morgan fingerprint density at radius 2 is 1.74 bits per heavy atom. The van der Waals surface area contributed by atoms with Gasteiger partial charge in [-0.3, -0.25) is 9.59 Å². The molecule has 1 aliphatic rings. The molecule has 9 heteroatoms. The summed E-state index contributed by atoms with van der Waals surface area (Å²) in [6, 6.07) is 15.2. The van der Waals surface area contributed by atoms with Crippen LogP contribution < -0.4 is 0 Å². The number of aryl methyl sites for hydroxylation is 1. The van der Waals surface area contributed by atoms with Crippen LogP contribution in [0.3, 0.4) is 0 Å². The Morgan fingerprint density at radius 1 is 1.06 bits per heavy atom. The number of Topliss-reactive ketones (excluding diaryl/α,β-unsaturated/α-hetero) is 1. The number of ketones is 1. The highest BCUT2D eigenvalue weighted by Gasteiger charge is 2.41. The molecule has 0 amide bonds. The van der Waals surface area contributed by atoms with Gasteiger partial charge in [-0.1, -0.05) is 30.3 Å². The van der Waals surface area contributed by atoms with Gasteiger partial charge >= 0.3 is 5.97 Å². The summed E-state index contributed by atoms with van der Waals surface area (Å²) >= 11 is 0. The number of aromatic nitrogens is 1. The van der Waals surface area contributed by atoms with Gasteiger partial charge in [-0.15, -0.1) is 0 Å². The number of halogens is 1. The van der Waals surface area contributed by atoms with Crippen LogP contribution in [-0.2, 0) is 19.6 Å². The standard InChI is InChI=1S/C25H25FN2O5S/c1-17-15-20(18(2)28(17)19-9-4-3-5-10-19)23(29)16-33-25(30)22-12-8-14-27(22)34(31,32)24-13-7-6-11-21(24)26/h3-7,9-11,13,15,22H,8,12,14,16H2,1-2H3/t22-/m1/s1. The number of rotatable bonds is 7. The van der Waals surface area contributed by atoms with Crippen LogP contribution in [0.1, 0.15) is 34.6 Å². The largest absolute Gasteiger partial charge is 0.456 e. The molecular weight excluding hydrogens is 459 g/mol. The lowest BCUT2D eigenvalue weighted by atomic mass is 10.1. The lowest BCUT2D eigenvalue weighted by molar-refractivity contribution is -0.146. The molecule has 34 heavy (non-hydrogen) atoms. The molecule has 3 aromatic rings. The number of carbonyl (C=O) groups is 2. The van der Waals surface area contributed by atoms with Gasteiger partial charge in [0.2, 0.25) is 15.8 Å². The van der Waals surface area contributed by atoms with Gasteiger partial charge in [0.05, 0.1) is 0 Å². The molecule has 0 N–H and O–H groups in total. The van der Waals surface area contributed by atoms with E-state index in [-0.39, 0.29) is 18.7 Å². The topological polar surface area (TPSA) is 85.7 Å². The second-order valence-corrected chi connectivity index (χ2v) is 10.0. The first-order chi connectivity index (χ1) is 16.2. The second kappa shape index (κ2) is 9.52. The number of benzene rings is 2. The Morgan fingerprint density at radius 3 is 2.44 bits per heavy atom. The Bertz CT molecular complexity index is 1330. The van der Waals surface area contributed by atoms with Crippen molar-refractivity contribution in [3.8, 4) is 5.69 Å². The zero-order valence-corrected chi connectivity index (χ0v) is 19.7. The van der Waals surface area contributed by atoms with Crippen molar-refractivity contribution in [3.05, 3.63) is 83.4 Å². The SMILES string of the molecule is Cc1cc(C(=O)COC(=O)[C@H]2CCCN2S(=O)(=O)c2ccccc2F)c(C)n1-c1ccccc1. The third kappa shape index (κ3) is 4.41. The summed E-state index contributed by atoms with van der Waals surface area (Å²) in [6.45, 7) is 3.26. The highest BCUT2D eigenvalue weighted by molar-refractivity contribution is 7.89. The van der Waals surface area contributed by atoms with E-state index < -0.39 is 39.4 Å². The van der Waals surface area contributed by atoms with E-state index in [1.54, 1.807) is 6.07 Å². The van der Waals surface area contributed by atoms with Crippen molar-refractivity contribution in [1.82, 2.24) is 8.87 Å². The lowest BCUT2D eigenvalue weighted by Crippen LogP contribution is -2.42. The number of carbonyl (C=O) groups excluding carboxylic acids is 2. The number of esters is 1. The van der Waals surface area contributed by atoms with Crippen LogP contribution in [0.4, 0.5) is 4.39 Å². The Labute approximate surface area is 197 Å². The average molecular weight is 485 g/mol. The first-order valence-corrected chi connectivity index (χ1v) is 12.4. The number of hydrogen-bond donors (Lipinski definition) is 0. The van der Waals surface area contributed by atoms with Crippen molar-refractivity contribution in [3.63, 3.8) is 0 Å². The van der Waals surface area contributed by atoms with Crippen LogP contribution in [-0.4, -0.2) is 48.2 Å². The fraction of sp³-hybridized carbons (Fsp3) is 0.280. The first kappa shape index (κ1) is 23.8. The van der Waals surface area contributed by atoms with Gasteiger partial charge in [-0.25, -0.2) is 12.8 Å². The molecule has 1 atom stereocenters. The number of ether oxygens (including phenoxy) is 1. The predicted octanol–water partition coefficient (Wildman–Crippen LogP) is 3.81. The Balaban J connectivity index is 1.48. The predicted molar refractivity (Wildman–Crippen MR) is 124 cm³/mol. The highest BCUT2D eigenvalue weighted by atomic mass is 32.2. The first-order valence-electron chi connectivity index (χ1n) is 10.9. The molecule has 178 valence electrons. The van der Waals surface area contributed by atoms with Gasteiger partial charge in [0.1, 0.15) is 16.8 Å². The van der Waals surface area contributed by atoms with Gasteiger partial charge < -0.3 is 9.30 Å². The molecule has 1 aliphatic heterocycles. The van der Waals surface area contributed by atoms with Gasteiger partial charge in [0, 0.05) is 29.2 Å². The van der Waals surface area contributed by atoms with Gasteiger partial charge in [0.25, 0.3) is 0 Å². The zero-order valence-electron chi connectivity index (χ0n) is 18.9. The number of para-hydroxylation sites is 1. The number of hydrogen-bond acceptors (Lipinski definition) is 5. The summed E-state index contributed by atoms with van der Waals surface area (Å²) in [5.74, 6) is -2.08. The fourth-order valence-electron chi connectivity index (χ4n) is 4.37. The maximum Gasteiger partial charge on any atom is 0.324 e. The van der Waals surface area contributed by atoms with E-state index in [1.807, 2.05) is 48.7 Å². The minimum atomic E-state index is -4.22. The van der Waals surface area contributed by atoms with E-state index in [1.165, 1.54) is 12.1 Å². The van der Waals surface area contributed by atoms with Crippen molar-refractivity contribution < 1.29 is 27.1 Å². The van der Waals surface area contributed by atoms with Crippen LogP contribution in [0.15, 0.2) is 65.6 Å². The molecule has 0 aliphatic carbocycles.